The fourth-order valence-electron chi connectivity index (χ4n) is 1.99. The maximum atomic E-state index is 12.2. The van der Waals surface area contributed by atoms with Crippen LogP contribution in [0.2, 0.25) is 0 Å². The Morgan fingerprint density at radius 2 is 2.20 bits per heavy atom. The number of hydrogen-bond acceptors (Lipinski definition) is 6. The molecule has 0 atom stereocenters. The molecule has 0 aliphatic carbocycles. The number of carboxylic acids is 1. The molecule has 0 bridgehead atoms. The lowest BCUT2D eigenvalue weighted by atomic mass is 10.1. The molecule has 9 heteroatoms. The number of carboxylic acid groups (broad SMARTS) is 1. The second kappa shape index (κ2) is 4.67. The summed E-state index contributed by atoms with van der Waals surface area (Å²) in [5, 5.41) is 16.1. The Morgan fingerprint density at radius 3 is 2.75 bits per heavy atom. The molecule has 0 unspecified atom stereocenters. The van der Waals surface area contributed by atoms with Crippen molar-refractivity contribution in [1.29, 1.82) is 0 Å². The maximum Gasteiger partial charge on any atom is 0.358 e. The van der Waals surface area contributed by atoms with Crippen molar-refractivity contribution in [3.63, 3.8) is 0 Å². The molecule has 2 aromatic heterocycles. The first-order chi connectivity index (χ1) is 9.56. The minimum atomic E-state index is -1.11. The number of likely N-dealkylation sites (tertiary alicyclic amines) is 1. The highest BCUT2D eigenvalue weighted by molar-refractivity contribution is 7.11. The van der Waals surface area contributed by atoms with E-state index in [0.717, 1.165) is 5.69 Å². The number of aromatic carboxylic acids is 1. The van der Waals surface area contributed by atoms with Crippen LogP contribution in [0.1, 0.15) is 31.9 Å². The number of aryl methyl sites for hydroxylation is 1. The number of aromatic nitrogens is 4. The van der Waals surface area contributed by atoms with Crippen LogP contribution in [0.25, 0.3) is 0 Å². The largest absolute Gasteiger partial charge is 0.476 e. The first-order valence-electron chi connectivity index (χ1n) is 5.90. The molecule has 0 spiro atoms. The first kappa shape index (κ1) is 12.7. The van der Waals surface area contributed by atoms with E-state index >= 15 is 0 Å². The Kier molecular flexibility index (Phi) is 2.97. The van der Waals surface area contributed by atoms with E-state index in [1.54, 1.807) is 17.3 Å². The van der Waals surface area contributed by atoms with Gasteiger partial charge in [-0.1, -0.05) is 5.21 Å². The first-order valence-corrected chi connectivity index (χ1v) is 6.78. The van der Waals surface area contributed by atoms with Gasteiger partial charge in [0.1, 0.15) is 4.88 Å². The van der Waals surface area contributed by atoms with Crippen LogP contribution < -0.4 is 0 Å². The number of amides is 1. The minimum absolute atomic E-state index is 0.0206. The molecule has 20 heavy (non-hydrogen) atoms. The summed E-state index contributed by atoms with van der Waals surface area (Å²) in [5.74, 6) is -1.15. The molecule has 104 valence electrons. The Balaban J connectivity index is 1.65. The molecule has 1 aliphatic heterocycles. The predicted octanol–water partition coefficient (Wildman–Crippen LogP) is 0.438. The van der Waals surface area contributed by atoms with Gasteiger partial charge in [0.05, 0.1) is 23.4 Å². The van der Waals surface area contributed by atoms with Gasteiger partial charge in [0.15, 0.2) is 5.69 Å². The van der Waals surface area contributed by atoms with Gasteiger partial charge in [0.2, 0.25) is 0 Å². The fourth-order valence-corrected chi connectivity index (χ4v) is 2.76. The number of nitrogens with zero attached hydrogens (tertiary/aromatic N) is 5. The summed E-state index contributed by atoms with van der Waals surface area (Å²) in [5.41, 5.74) is 2.29. The number of carbonyl (C=O) groups is 2. The summed E-state index contributed by atoms with van der Waals surface area (Å²) >= 11 is 1.33. The molecule has 1 N–H and O–H groups in total. The van der Waals surface area contributed by atoms with Crippen molar-refractivity contribution in [1.82, 2.24) is 24.9 Å². The lowest BCUT2D eigenvalue weighted by Crippen LogP contribution is -2.50. The maximum absolute atomic E-state index is 12.2. The van der Waals surface area contributed by atoms with Crippen molar-refractivity contribution >= 4 is 23.2 Å². The second-order valence-corrected chi connectivity index (χ2v) is 5.37. The number of hydrogen-bond donors (Lipinski definition) is 1. The standard InChI is InChI=1S/C11H11N5O3S/c1-6-9(20-5-12-6)10(17)15-2-7(3-15)16-4-8(11(18)19)13-14-16/h4-5,7H,2-3H2,1H3,(H,18,19). The van der Waals surface area contributed by atoms with Gasteiger partial charge >= 0.3 is 5.97 Å². The molecule has 8 nitrogen and oxygen atoms in total. The number of thiazole rings is 1. The zero-order chi connectivity index (χ0) is 14.3. The lowest BCUT2D eigenvalue weighted by molar-refractivity contribution is 0.0501. The van der Waals surface area contributed by atoms with Crippen LogP contribution in [-0.2, 0) is 0 Å². The van der Waals surface area contributed by atoms with E-state index in [1.807, 2.05) is 0 Å². The van der Waals surface area contributed by atoms with E-state index < -0.39 is 5.97 Å². The van der Waals surface area contributed by atoms with Crippen LogP contribution in [0.4, 0.5) is 0 Å². The average Bonchev–Trinajstić information content (AvgIpc) is 2.95. The van der Waals surface area contributed by atoms with Crippen LogP contribution in [0, 0.1) is 6.92 Å². The predicted molar refractivity (Wildman–Crippen MR) is 68.8 cm³/mol. The number of rotatable bonds is 3. The van der Waals surface area contributed by atoms with Crippen molar-refractivity contribution < 1.29 is 14.7 Å². The smallest absolute Gasteiger partial charge is 0.358 e. The zero-order valence-corrected chi connectivity index (χ0v) is 11.4. The van der Waals surface area contributed by atoms with E-state index in [9.17, 15) is 9.59 Å². The molecule has 0 aromatic carbocycles. The van der Waals surface area contributed by atoms with E-state index in [0.29, 0.717) is 18.0 Å². The lowest BCUT2D eigenvalue weighted by Gasteiger charge is -2.38. The number of carbonyl (C=O) groups excluding carboxylic acids is 1. The molecule has 1 amide bonds. The third-order valence-corrected chi connectivity index (χ3v) is 4.11. The molecule has 3 rings (SSSR count). The second-order valence-electron chi connectivity index (χ2n) is 4.52. The van der Waals surface area contributed by atoms with Gasteiger partial charge in [0, 0.05) is 13.1 Å². The summed E-state index contributed by atoms with van der Waals surface area (Å²) in [6.45, 7) is 2.80. The molecule has 1 saturated heterocycles. The van der Waals surface area contributed by atoms with E-state index in [1.165, 1.54) is 22.2 Å². The van der Waals surface area contributed by atoms with Crippen LogP contribution in [-0.4, -0.2) is 55.0 Å². The van der Waals surface area contributed by atoms with Crippen LogP contribution in [0.5, 0.6) is 0 Å². The molecule has 1 fully saturated rings. The fraction of sp³-hybridized carbons (Fsp3) is 0.364. The Bertz CT molecular complexity index is 673. The Morgan fingerprint density at radius 1 is 1.45 bits per heavy atom. The zero-order valence-electron chi connectivity index (χ0n) is 10.6. The highest BCUT2D eigenvalue weighted by Crippen LogP contribution is 2.25. The molecule has 2 aromatic rings. The van der Waals surface area contributed by atoms with Crippen molar-refractivity contribution in [2.24, 2.45) is 0 Å². The molecule has 0 radical (unpaired) electrons. The SMILES string of the molecule is Cc1ncsc1C(=O)N1CC(n2cc(C(=O)O)nn2)C1. The summed E-state index contributed by atoms with van der Waals surface area (Å²) in [6.07, 6.45) is 1.38. The van der Waals surface area contributed by atoms with Gasteiger partial charge in [0.25, 0.3) is 5.91 Å². The molecular formula is C11H11N5O3S. The Hall–Kier alpha value is -2.29. The van der Waals surface area contributed by atoms with Gasteiger partial charge in [-0.25, -0.2) is 14.5 Å². The third-order valence-electron chi connectivity index (χ3n) is 3.19. The average molecular weight is 293 g/mol. The van der Waals surface area contributed by atoms with Crippen molar-refractivity contribution in [3.8, 4) is 0 Å². The van der Waals surface area contributed by atoms with Crippen molar-refractivity contribution in [2.75, 3.05) is 13.1 Å². The topological polar surface area (TPSA) is 101 Å². The summed E-state index contributed by atoms with van der Waals surface area (Å²) in [7, 11) is 0. The van der Waals surface area contributed by atoms with Gasteiger partial charge in [-0.3, -0.25) is 4.79 Å². The summed E-state index contributed by atoms with van der Waals surface area (Å²) < 4.78 is 1.49. The molecule has 0 saturated carbocycles. The monoisotopic (exact) mass is 293 g/mol. The van der Waals surface area contributed by atoms with Gasteiger partial charge in [-0.2, -0.15) is 0 Å². The summed E-state index contributed by atoms with van der Waals surface area (Å²) in [6, 6.07) is -0.0206. The van der Waals surface area contributed by atoms with Crippen molar-refractivity contribution in [3.05, 3.63) is 28.0 Å². The van der Waals surface area contributed by atoms with E-state index in [-0.39, 0.29) is 17.6 Å². The van der Waals surface area contributed by atoms with Crippen LogP contribution >= 0.6 is 11.3 Å². The van der Waals surface area contributed by atoms with E-state index in [4.69, 9.17) is 5.11 Å². The van der Waals surface area contributed by atoms with Crippen LogP contribution in [0.15, 0.2) is 11.7 Å². The van der Waals surface area contributed by atoms with E-state index in [2.05, 4.69) is 15.3 Å². The molecule has 1 aliphatic rings. The Labute approximate surface area is 117 Å². The third kappa shape index (κ3) is 2.05. The molecule has 3 heterocycles. The molecular weight excluding hydrogens is 282 g/mol. The van der Waals surface area contributed by atoms with Crippen molar-refractivity contribution in [2.45, 2.75) is 13.0 Å². The summed E-state index contributed by atoms with van der Waals surface area (Å²) in [4.78, 5) is 29.3. The highest BCUT2D eigenvalue weighted by atomic mass is 32.1. The van der Waals surface area contributed by atoms with Gasteiger partial charge in [-0.15, -0.1) is 16.4 Å². The quantitative estimate of drug-likeness (QED) is 0.881. The van der Waals surface area contributed by atoms with Crippen LogP contribution in [0.3, 0.4) is 0 Å². The minimum Gasteiger partial charge on any atom is -0.476 e. The van der Waals surface area contributed by atoms with Gasteiger partial charge < -0.3 is 10.0 Å². The van der Waals surface area contributed by atoms with Gasteiger partial charge in [-0.05, 0) is 6.92 Å². The normalized spacial score (nSPS) is 15.2. The highest BCUT2D eigenvalue weighted by Gasteiger charge is 2.34.